The first kappa shape index (κ1) is 18.6. The lowest BCUT2D eigenvalue weighted by molar-refractivity contribution is -0.145. The number of benzene rings is 1. The zero-order valence-corrected chi connectivity index (χ0v) is 14.9. The van der Waals surface area contributed by atoms with E-state index < -0.39 is 6.04 Å². The van der Waals surface area contributed by atoms with Crippen LogP contribution in [-0.2, 0) is 20.8 Å². The first-order valence-electron chi connectivity index (χ1n) is 8.75. The molecule has 0 saturated carbocycles. The maximum atomic E-state index is 12.6. The molecule has 9 nitrogen and oxygen atoms in total. The van der Waals surface area contributed by atoms with Crippen LogP contribution in [0.25, 0.3) is 11.0 Å². The van der Waals surface area contributed by atoms with Crippen molar-refractivity contribution in [1.29, 1.82) is 0 Å². The van der Waals surface area contributed by atoms with Gasteiger partial charge in [-0.2, -0.15) is 0 Å². The Bertz CT molecular complexity index is 939. The minimum Gasteiger partial charge on any atom is -0.359 e. The van der Waals surface area contributed by atoms with E-state index in [9.17, 15) is 19.2 Å². The lowest BCUT2D eigenvalue weighted by Gasteiger charge is -2.34. The van der Waals surface area contributed by atoms with Gasteiger partial charge in [-0.15, -0.1) is 0 Å². The second-order valence-electron chi connectivity index (χ2n) is 6.30. The number of carbonyl (C=O) groups excluding carboxylic acids is 3. The number of aromatic amines is 1. The topological polar surface area (TPSA) is 124 Å². The van der Waals surface area contributed by atoms with Gasteiger partial charge in [0.15, 0.2) is 0 Å². The molecule has 142 valence electrons. The van der Waals surface area contributed by atoms with E-state index in [-0.39, 0.29) is 48.2 Å². The smallest absolute Gasteiger partial charge is 0.270 e. The quantitative estimate of drug-likeness (QED) is 0.642. The second kappa shape index (κ2) is 7.98. The van der Waals surface area contributed by atoms with Crippen molar-refractivity contribution in [2.75, 3.05) is 20.1 Å². The van der Waals surface area contributed by atoms with Crippen LogP contribution < -0.4 is 16.2 Å². The molecule has 0 bridgehead atoms. The molecule has 1 aliphatic rings. The van der Waals surface area contributed by atoms with Crippen LogP contribution in [0.2, 0.25) is 0 Å². The van der Waals surface area contributed by atoms with Gasteiger partial charge in [0.2, 0.25) is 17.7 Å². The number of aromatic nitrogens is 2. The predicted molar refractivity (Wildman–Crippen MR) is 97.9 cm³/mol. The van der Waals surface area contributed by atoms with Crippen molar-refractivity contribution in [1.82, 2.24) is 25.5 Å². The fourth-order valence-corrected chi connectivity index (χ4v) is 3.10. The normalized spacial score (nSPS) is 16.9. The Balaban J connectivity index is 1.72. The lowest BCUT2D eigenvalue weighted by Crippen LogP contribution is -2.58. The third kappa shape index (κ3) is 4.13. The molecule has 1 aliphatic heterocycles. The highest BCUT2D eigenvalue weighted by molar-refractivity contribution is 5.92. The van der Waals surface area contributed by atoms with Gasteiger partial charge >= 0.3 is 0 Å². The number of nitrogens with one attached hydrogen (secondary N) is 3. The molecule has 1 aromatic carbocycles. The molecule has 0 unspecified atom stereocenters. The molecule has 0 aliphatic carbocycles. The molecule has 2 heterocycles. The summed E-state index contributed by atoms with van der Waals surface area (Å²) in [5.41, 5.74) is 1.22. The van der Waals surface area contributed by atoms with E-state index in [4.69, 9.17) is 0 Å². The van der Waals surface area contributed by atoms with Gasteiger partial charge in [0.1, 0.15) is 11.7 Å². The third-order valence-corrected chi connectivity index (χ3v) is 4.55. The van der Waals surface area contributed by atoms with Crippen LogP contribution in [0.15, 0.2) is 29.1 Å². The van der Waals surface area contributed by atoms with E-state index in [0.717, 1.165) is 0 Å². The number of piperazine rings is 1. The molecular formula is C18H21N5O4. The summed E-state index contributed by atoms with van der Waals surface area (Å²) in [4.78, 5) is 57.0. The molecule has 3 rings (SSSR count). The van der Waals surface area contributed by atoms with E-state index in [1.165, 1.54) is 11.9 Å². The average Bonchev–Trinajstić information content (AvgIpc) is 2.67. The van der Waals surface area contributed by atoms with Gasteiger partial charge < -0.3 is 20.5 Å². The monoisotopic (exact) mass is 371 g/mol. The summed E-state index contributed by atoms with van der Waals surface area (Å²) in [5, 5.41) is 5.13. The maximum absolute atomic E-state index is 12.6. The van der Waals surface area contributed by atoms with Crippen molar-refractivity contribution in [2.45, 2.75) is 25.3 Å². The van der Waals surface area contributed by atoms with E-state index in [1.807, 2.05) is 6.07 Å². The van der Waals surface area contributed by atoms with Crippen LogP contribution in [0.4, 0.5) is 0 Å². The molecule has 3 N–H and O–H groups in total. The molecule has 9 heteroatoms. The number of H-pyrrole nitrogens is 1. The zero-order valence-electron chi connectivity index (χ0n) is 14.9. The summed E-state index contributed by atoms with van der Waals surface area (Å²) in [6.45, 7) is 0.664. The molecule has 0 radical (unpaired) electrons. The van der Waals surface area contributed by atoms with Gasteiger partial charge in [-0.3, -0.25) is 19.2 Å². The number of rotatable bonds is 5. The van der Waals surface area contributed by atoms with Crippen LogP contribution in [0.5, 0.6) is 0 Å². The summed E-state index contributed by atoms with van der Waals surface area (Å²) in [6, 6.07) is 6.32. The van der Waals surface area contributed by atoms with E-state index in [1.54, 1.807) is 18.2 Å². The highest BCUT2D eigenvalue weighted by Gasteiger charge is 2.34. The van der Waals surface area contributed by atoms with Crippen molar-refractivity contribution in [2.24, 2.45) is 0 Å². The molecule has 1 saturated heterocycles. The van der Waals surface area contributed by atoms with Crippen LogP contribution in [-0.4, -0.2) is 58.8 Å². The summed E-state index contributed by atoms with van der Waals surface area (Å²) < 4.78 is 0. The summed E-state index contributed by atoms with van der Waals surface area (Å²) in [6.07, 6.45) is 0.0959. The summed E-state index contributed by atoms with van der Waals surface area (Å²) in [7, 11) is 1.48. The lowest BCUT2D eigenvalue weighted by atomic mass is 10.1. The Morgan fingerprint density at radius 3 is 2.85 bits per heavy atom. The van der Waals surface area contributed by atoms with Gasteiger partial charge in [0, 0.05) is 33.0 Å². The minimum absolute atomic E-state index is 0.0337. The number of para-hydroxylation sites is 2. The first-order valence-corrected chi connectivity index (χ1v) is 8.75. The SMILES string of the molecule is CNC(=O)C[C@@H]1C(=O)NCCN1C(=O)CCc1nc2ccccc2[nH]c1=O. The zero-order chi connectivity index (χ0) is 19.4. The Hall–Kier alpha value is -3.23. The van der Waals surface area contributed by atoms with Crippen LogP contribution in [0.1, 0.15) is 18.5 Å². The summed E-state index contributed by atoms with van der Waals surface area (Å²) in [5.74, 6) is -0.949. The molecule has 2 aromatic rings. The predicted octanol–water partition coefficient (Wildman–Crippen LogP) is -0.681. The highest BCUT2D eigenvalue weighted by Crippen LogP contribution is 2.12. The number of hydrogen-bond donors (Lipinski definition) is 3. The molecule has 1 atom stereocenters. The first-order chi connectivity index (χ1) is 13.0. The Morgan fingerprint density at radius 2 is 2.07 bits per heavy atom. The van der Waals surface area contributed by atoms with Gasteiger partial charge in [-0.05, 0) is 12.1 Å². The molecule has 1 fully saturated rings. The Kier molecular flexibility index (Phi) is 5.49. The third-order valence-electron chi connectivity index (χ3n) is 4.55. The van der Waals surface area contributed by atoms with Gasteiger partial charge in [-0.1, -0.05) is 12.1 Å². The van der Waals surface area contributed by atoms with Gasteiger partial charge in [0.05, 0.1) is 17.5 Å². The molecule has 1 aromatic heterocycles. The number of carbonyl (C=O) groups is 3. The fraction of sp³-hybridized carbons (Fsp3) is 0.389. The minimum atomic E-state index is -0.839. The van der Waals surface area contributed by atoms with Gasteiger partial charge in [-0.25, -0.2) is 4.98 Å². The molecule has 3 amide bonds. The largest absolute Gasteiger partial charge is 0.359 e. The van der Waals surface area contributed by atoms with Gasteiger partial charge in [0.25, 0.3) is 5.56 Å². The van der Waals surface area contributed by atoms with E-state index in [0.29, 0.717) is 24.1 Å². The Morgan fingerprint density at radius 1 is 1.30 bits per heavy atom. The van der Waals surface area contributed by atoms with Crippen LogP contribution in [0.3, 0.4) is 0 Å². The highest BCUT2D eigenvalue weighted by atomic mass is 16.2. The van der Waals surface area contributed by atoms with Crippen molar-refractivity contribution in [3.05, 3.63) is 40.3 Å². The van der Waals surface area contributed by atoms with E-state index >= 15 is 0 Å². The molecular weight excluding hydrogens is 350 g/mol. The fourth-order valence-electron chi connectivity index (χ4n) is 3.10. The number of hydrogen-bond acceptors (Lipinski definition) is 5. The number of aryl methyl sites for hydroxylation is 1. The number of nitrogens with zero attached hydrogens (tertiary/aromatic N) is 2. The number of fused-ring (bicyclic) bond motifs is 1. The number of amides is 3. The second-order valence-corrected chi connectivity index (χ2v) is 6.30. The molecule has 27 heavy (non-hydrogen) atoms. The summed E-state index contributed by atoms with van der Waals surface area (Å²) >= 11 is 0. The van der Waals surface area contributed by atoms with E-state index in [2.05, 4.69) is 20.6 Å². The van der Waals surface area contributed by atoms with Crippen molar-refractivity contribution in [3.63, 3.8) is 0 Å². The van der Waals surface area contributed by atoms with Crippen molar-refractivity contribution < 1.29 is 14.4 Å². The van der Waals surface area contributed by atoms with Crippen molar-refractivity contribution >= 4 is 28.8 Å². The van der Waals surface area contributed by atoms with Crippen LogP contribution in [0, 0.1) is 0 Å². The average molecular weight is 371 g/mol. The Labute approximate surface area is 155 Å². The van der Waals surface area contributed by atoms with Crippen LogP contribution >= 0.6 is 0 Å². The van der Waals surface area contributed by atoms with Crippen molar-refractivity contribution in [3.8, 4) is 0 Å². The maximum Gasteiger partial charge on any atom is 0.270 e. The standard InChI is InChI=1S/C18H21N5O4/c1-19-15(24)10-14-18(27)20-8-9-23(14)16(25)7-6-13-17(26)22-12-5-3-2-4-11(12)21-13/h2-5,14H,6-10H2,1H3,(H,19,24)(H,20,27)(H,22,26)/t14-/m1/s1. The molecule has 0 spiro atoms.